The molecule has 0 aliphatic carbocycles. The maximum atomic E-state index is 5.85. The molecule has 20 heavy (non-hydrogen) atoms. The summed E-state index contributed by atoms with van der Waals surface area (Å²) in [5.41, 5.74) is 3.66. The monoisotopic (exact) mass is 263 g/mol. The molecule has 0 saturated heterocycles. The number of para-hydroxylation sites is 1. The molecule has 1 aromatic carbocycles. The first-order chi connectivity index (χ1) is 9.83. The Hall–Kier alpha value is -2.75. The highest BCUT2D eigenvalue weighted by Gasteiger charge is 2.10. The van der Waals surface area contributed by atoms with E-state index in [0.29, 0.717) is 0 Å². The third-order valence-electron chi connectivity index (χ3n) is 3.43. The Morgan fingerprint density at radius 2 is 2.05 bits per heavy atom. The smallest absolute Gasteiger partial charge is 0.155 e. The molecule has 4 heteroatoms. The number of imidazole rings is 1. The number of furan rings is 1. The van der Waals surface area contributed by atoms with Gasteiger partial charge in [-0.25, -0.2) is 4.98 Å². The Bertz CT molecular complexity index is 871. The molecule has 0 bridgehead atoms. The molecule has 0 radical (unpaired) electrons. The van der Waals surface area contributed by atoms with Crippen molar-refractivity contribution in [2.75, 3.05) is 12.4 Å². The first-order valence-electron chi connectivity index (χ1n) is 6.49. The number of nitrogens with zero attached hydrogens (tertiary/aromatic N) is 2. The Labute approximate surface area is 115 Å². The maximum Gasteiger partial charge on any atom is 0.155 e. The van der Waals surface area contributed by atoms with Gasteiger partial charge in [0, 0.05) is 36.6 Å². The number of nitrogens with one attached hydrogen (secondary N) is 1. The van der Waals surface area contributed by atoms with Gasteiger partial charge in [0.15, 0.2) is 5.76 Å². The summed E-state index contributed by atoms with van der Waals surface area (Å²) in [5, 5.41) is 4.21. The van der Waals surface area contributed by atoms with E-state index >= 15 is 0 Å². The second-order valence-corrected chi connectivity index (χ2v) is 4.71. The van der Waals surface area contributed by atoms with Gasteiger partial charge in [0.05, 0.1) is 0 Å². The van der Waals surface area contributed by atoms with Crippen LogP contribution < -0.4 is 5.32 Å². The van der Waals surface area contributed by atoms with Gasteiger partial charge in [-0.15, -0.1) is 0 Å². The van der Waals surface area contributed by atoms with E-state index < -0.39 is 0 Å². The second kappa shape index (κ2) is 4.13. The van der Waals surface area contributed by atoms with Gasteiger partial charge >= 0.3 is 0 Å². The van der Waals surface area contributed by atoms with Crippen LogP contribution in [0, 0.1) is 0 Å². The van der Waals surface area contributed by atoms with Crippen molar-refractivity contribution in [3.8, 4) is 11.5 Å². The van der Waals surface area contributed by atoms with Crippen molar-refractivity contribution < 1.29 is 4.42 Å². The van der Waals surface area contributed by atoms with E-state index in [4.69, 9.17) is 4.42 Å². The van der Waals surface area contributed by atoms with Gasteiger partial charge in [0.2, 0.25) is 0 Å². The predicted octanol–water partition coefficient (Wildman–Crippen LogP) is 3.79. The van der Waals surface area contributed by atoms with Gasteiger partial charge < -0.3 is 14.1 Å². The maximum absolute atomic E-state index is 5.85. The fraction of sp³-hybridized carbons (Fsp3) is 0.0625. The quantitative estimate of drug-likeness (QED) is 0.598. The molecule has 4 nitrogen and oxygen atoms in total. The van der Waals surface area contributed by atoms with Crippen LogP contribution in [-0.4, -0.2) is 16.4 Å². The summed E-state index contributed by atoms with van der Waals surface area (Å²) in [6.45, 7) is 0. The zero-order valence-corrected chi connectivity index (χ0v) is 11.0. The minimum absolute atomic E-state index is 0.793. The molecule has 98 valence electrons. The van der Waals surface area contributed by atoms with Gasteiger partial charge in [-0.2, -0.15) is 0 Å². The van der Waals surface area contributed by atoms with Crippen LogP contribution in [-0.2, 0) is 0 Å². The molecule has 4 rings (SSSR count). The van der Waals surface area contributed by atoms with Crippen LogP contribution in [0.2, 0.25) is 0 Å². The van der Waals surface area contributed by atoms with Gasteiger partial charge in [-0.3, -0.25) is 0 Å². The van der Waals surface area contributed by atoms with Crippen molar-refractivity contribution in [2.24, 2.45) is 0 Å². The molecule has 3 aromatic heterocycles. The molecular weight excluding hydrogens is 250 g/mol. The van der Waals surface area contributed by atoms with Crippen LogP contribution in [0.25, 0.3) is 28.1 Å². The highest BCUT2D eigenvalue weighted by Crippen LogP contribution is 2.27. The predicted molar refractivity (Wildman–Crippen MR) is 79.9 cm³/mol. The first-order valence-corrected chi connectivity index (χ1v) is 6.49. The Kier molecular flexibility index (Phi) is 2.29. The number of anilines is 1. The first kappa shape index (κ1) is 11.1. The number of aromatic nitrogens is 2. The topological polar surface area (TPSA) is 42.5 Å². The lowest BCUT2D eigenvalue weighted by molar-refractivity contribution is 0.629. The lowest BCUT2D eigenvalue weighted by Gasteiger charge is -1.98. The average molecular weight is 263 g/mol. The minimum Gasteiger partial charge on any atom is -0.454 e. The van der Waals surface area contributed by atoms with Crippen LogP contribution >= 0.6 is 0 Å². The number of pyridine rings is 1. The van der Waals surface area contributed by atoms with E-state index in [1.54, 1.807) is 0 Å². The van der Waals surface area contributed by atoms with Gasteiger partial charge in [-0.1, -0.05) is 18.2 Å². The molecule has 3 heterocycles. The minimum atomic E-state index is 0.793. The SMILES string of the molecule is CNc1ccn2cc(-c3cc4ccccc4o3)nc2c1. The molecule has 0 atom stereocenters. The molecule has 4 aromatic rings. The molecule has 0 amide bonds. The van der Waals surface area contributed by atoms with E-state index in [0.717, 1.165) is 33.8 Å². The Balaban J connectivity index is 1.88. The summed E-state index contributed by atoms with van der Waals surface area (Å²) in [4.78, 5) is 4.62. The fourth-order valence-electron chi connectivity index (χ4n) is 2.36. The van der Waals surface area contributed by atoms with Crippen LogP contribution in [0.1, 0.15) is 0 Å². The summed E-state index contributed by atoms with van der Waals surface area (Å²) >= 11 is 0. The highest BCUT2D eigenvalue weighted by molar-refractivity contribution is 5.82. The Morgan fingerprint density at radius 3 is 2.90 bits per heavy atom. The highest BCUT2D eigenvalue weighted by atomic mass is 16.3. The standard InChI is InChI=1S/C16H13N3O/c1-17-12-6-7-19-10-13(18-16(19)9-12)15-8-11-4-2-3-5-14(11)20-15/h2-10,17H,1H3. The largest absolute Gasteiger partial charge is 0.454 e. The molecule has 0 saturated carbocycles. The molecule has 0 unspecified atom stereocenters. The fourth-order valence-corrected chi connectivity index (χ4v) is 2.36. The van der Waals surface area contributed by atoms with Crippen molar-refractivity contribution in [2.45, 2.75) is 0 Å². The number of hydrogen-bond donors (Lipinski definition) is 1. The molecule has 1 N–H and O–H groups in total. The van der Waals surface area contributed by atoms with Gasteiger partial charge in [0.1, 0.15) is 16.9 Å². The summed E-state index contributed by atoms with van der Waals surface area (Å²) in [6, 6.07) is 14.0. The van der Waals surface area contributed by atoms with Crippen LogP contribution in [0.3, 0.4) is 0 Å². The normalized spacial score (nSPS) is 11.2. The molecule has 0 fully saturated rings. The number of fused-ring (bicyclic) bond motifs is 2. The van der Waals surface area contributed by atoms with Crippen molar-refractivity contribution in [1.82, 2.24) is 9.38 Å². The summed E-state index contributed by atoms with van der Waals surface area (Å²) < 4.78 is 7.84. The van der Waals surface area contributed by atoms with E-state index in [1.165, 1.54) is 0 Å². The van der Waals surface area contributed by atoms with E-state index in [9.17, 15) is 0 Å². The zero-order valence-electron chi connectivity index (χ0n) is 11.0. The van der Waals surface area contributed by atoms with Crippen LogP contribution in [0.4, 0.5) is 5.69 Å². The lowest BCUT2D eigenvalue weighted by Crippen LogP contribution is -1.89. The lowest BCUT2D eigenvalue weighted by atomic mass is 10.2. The van der Waals surface area contributed by atoms with Crippen molar-refractivity contribution in [1.29, 1.82) is 0 Å². The van der Waals surface area contributed by atoms with Gasteiger partial charge in [0.25, 0.3) is 0 Å². The summed E-state index contributed by atoms with van der Waals surface area (Å²) in [7, 11) is 1.90. The zero-order chi connectivity index (χ0) is 13.5. The molecular formula is C16H13N3O. The van der Waals surface area contributed by atoms with Crippen molar-refractivity contribution >= 4 is 22.3 Å². The van der Waals surface area contributed by atoms with Crippen molar-refractivity contribution in [3.63, 3.8) is 0 Å². The summed E-state index contributed by atoms with van der Waals surface area (Å²) in [5.74, 6) is 0.793. The number of hydrogen-bond acceptors (Lipinski definition) is 3. The van der Waals surface area contributed by atoms with Crippen molar-refractivity contribution in [3.05, 3.63) is 54.9 Å². The van der Waals surface area contributed by atoms with E-state index in [2.05, 4.69) is 10.3 Å². The molecule has 0 aliphatic heterocycles. The van der Waals surface area contributed by atoms with E-state index in [-0.39, 0.29) is 0 Å². The van der Waals surface area contributed by atoms with Crippen LogP contribution in [0.15, 0.2) is 59.3 Å². The third-order valence-corrected chi connectivity index (χ3v) is 3.43. The van der Waals surface area contributed by atoms with E-state index in [1.807, 2.05) is 66.3 Å². The summed E-state index contributed by atoms with van der Waals surface area (Å²) in [6.07, 6.45) is 3.97. The average Bonchev–Trinajstić information content (AvgIpc) is 3.09. The third kappa shape index (κ3) is 1.66. The number of rotatable bonds is 2. The van der Waals surface area contributed by atoms with Gasteiger partial charge in [-0.05, 0) is 18.2 Å². The second-order valence-electron chi connectivity index (χ2n) is 4.71. The number of benzene rings is 1. The Morgan fingerprint density at radius 1 is 1.15 bits per heavy atom. The van der Waals surface area contributed by atoms with Crippen LogP contribution in [0.5, 0.6) is 0 Å². The molecule has 0 aliphatic rings. The molecule has 0 spiro atoms.